The zero-order valence-corrected chi connectivity index (χ0v) is 21.0. The Morgan fingerprint density at radius 2 is 1.61 bits per heavy atom. The van der Waals surface area contributed by atoms with Crippen LogP contribution in [0.2, 0.25) is 0 Å². The second-order valence-electron chi connectivity index (χ2n) is 9.16. The van der Waals surface area contributed by atoms with Crippen molar-refractivity contribution in [1.82, 2.24) is 0 Å². The van der Waals surface area contributed by atoms with Crippen molar-refractivity contribution >= 4 is 5.97 Å². The van der Waals surface area contributed by atoms with E-state index in [0.29, 0.717) is 19.4 Å². The summed E-state index contributed by atoms with van der Waals surface area (Å²) in [5.41, 5.74) is 1.76. The maximum absolute atomic E-state index is 12.5. The average molecular weight is 457 g/mol. The second-order valence-corrected chi connectivity index (χ2v) is 9.16. The van der Waals surface area contributed by atoms with E-state index in [1.165, 1.54) is 12.7 Å². The first kappa shape index (κ1) is 26.7. The van der Waals surface area contributed by atoms with Gasteiger partial charge in [0.25, 0.3) is 0 Å². The number of esters is 1. The quantitative estimate of drug-likeness (QED) is 0.265. The topological polar surface area (TPSA) is 65.0 Å². The minimum Gasteiger partial charge on any atom is -0.508 e. The Hall–Kier alpha value is -2.53. The molecular formula is C28H40O5. The zero-order chi connectivity index (χ0) is 24.4. The summed E-state index contributed by atoms with van der Waals surface area (Å²) in [6.07, 6.45) is 2.93. The van der Waals surface area contributed by atoms with Gasteiger partial charge in [0, 0.05) is 0 Å². The van der Waals surface area contributed by atoms with Gasteiger partial charge >= 0.3 is 5.97 Å². The molecule has 4 unspecified atom stereocenters. The Labute approximate surface area is 199 Å². The Kier molecular flexibility index (Phi) is 10.2. The third-order valence-corrected chi connectivity index (χ3v) is 6.47. The van der Waals surface area contributed by atoms with E-state index in [1.54, 1.807) is 12.1 Å². The van der Waals surface area contributed by atoms with Gasteiger partial charge in [-0.2, -0.15) is 0 Å². The van der Waals surface area contributed by atoms with Gasteiger partial charge in [-0.3, -0.25) is 4.79 Å². The summed E-state index contributed by atoms with van der Waals surface area (Å²) in [6.45, 7) is 10.9. The highest BCUT2D eigenvalue weighted by atomic mass is 16.7. The smallest absolute Gasteiger partial charge is 0.311 e. The van der Waals surface area contributed by atoms with Crippen LogP contribution in [0.1, 0.15) is 83.3 Å². The third kappa shape index (κ3) is 7.78. The lowest BCUT2D eigenvalue weighted by atomic mass is 9.73. The molecule has 0 spiro atoms. The molecule has 33 heavy (non-hydrogen) atoms. The lowest BCUT2D eigenvalue weighted by molar-refractivity contribution is -0.152. The molecule has 4 atom stereocenters. The standard InChI is InChI=1S/C28H40O5/c1-7-17-32-21(4)33-26-15-11-22(12-16-26)20(3)18-24(23-9-13-25(29)14-10-23)19-28(5,8-2)27(30)31-6/h9-16,20-21,24,29H,7-8,17-19H2,1-6H3. The Bertz CT molecular complexity index is 846. The first-order chi connectivity index (χ1) is 15.7. The molecule has 0 radical (unpaired) electrons. The van der Waals surface area contributed by atoms with Gasteiger partial charge in [0.1, 0.15) is 11.5 Å². The molecule has 0 amide bonds. The number of phenolic OH excluding ortho intramolecular Hbond substituents is 1. The molecule has 1 N–H and O–H groups in total. The molecule has 0 aliphatic heterocycles. The fourth-order valence-corrected chi connectivity index (χ4v) is 4.19. The number of methoxy groups -OCH3 is 1. The van der Waals surface area contributed by atoms with Crippen molar-refractivity contribution in [2.24, 2.45) is 5.41 Å². The van der Waals surface area contributed by atoms with Gasteiger partial charge in [-0.05, 0) is 86.8 Å². The van der Waals surface area contributed by atoms with Gasteiger partial charge in [0.2, 0.25) is 0 Å². The first-order valence-electron chi connectivity index (χ1n) is 12.0. The summed E-state index contributed by atoms with van der Waals surface area (Å²) in [5.74, 6) is 1.26. The molecule has 0 saturated heterocycles. The number of aromatic hydroxyl groups is 1. The number of rotatable bonds is 13. The summed E-state index contributed by atoms with van der Waals surface area (Å²) in [4.78, 5) is 12.5. The summed E-state index contributed by atoms with van der Waals surface area (Å²) in [6, 6.07) is 15.5. The Morgan fingerprint density at radius 1 is 1.00 bits per heavy atom. The number of hydrogen-bond acceptors (Lipinski definition) is 5. The number of hydrogen-bond donors (Lipinski definition) is 1. The van der Waals surface area contributed by atoms with Gasteiger partial charge in [0.05, 0.1) is 19.1 Å². The average Bonchev–Trinajstić information content (AvgIpc) is 2.82. The van der Waals surface area contributed by atoms with Gasteiger partial charge in [-0.1, -0.05) is 45.0 Å². The van der Waals surface area contributed by atoms with E-state index in [4.69, 9.17) is 14.2 Å². The molecule has 0 aliphatic carbocycles. The van der Waals surface area contributed by atoms with Crippen LogP contribution >= 0.6 is 0 Å². The normalized spacial score (nSPS) is 15.8. The van der Waals surface area contributed by atoms with Crippen LogP contribution in [-0.2, 0) is 14.3 Å². The van der Waals surface area contributed by atoms with E-state index < -0.39 is 5.41 Å². The number of carbonyl (C=O) groups is 1. The second kappa shape index (κ2) is 12.6. The maximum Gasteiger partial charge on any atom is 0.311 e. The van der Waals surface area contributed by atoms with Gasteiger partial charge < -0.3 is 19.3 Å². The number of carbonyl (C=O) groups excluding carboxylic acids is 1. The molecule has 0 saturated carbocycles. The van der Waals surface area contributed by atoms with E-state index in [0.717, 1.165) is 24.2 Å². The van der Waals surface area contributed by atoms with Crippen molar-refractivity contribution in [3.05, 3.63) is 59.7 Å². The lowest BCUT2D eigenvalue weighted by Gasteiger charge is -2.31. The summed E-state index contributed by atoms with van der Waals surface area (Å²) in [5, 5.41) is 9.74. The van der Waals surface area contributed by atoms with Crippen LogP contribution in [0.15, 0.2) is 48.5 Å². The van der Waals surface area contributed by atoms with Crippen molar-refractivity contribution in [1.29, 1.82) is 0 Å². The van der Waals surface area contributed by atoms with Crippen molar-refractivity contribution in [2.75, 3.05) is 13.7 Å². The highest BCUT2D eigenvalue weighted by Gasteiger charge is 2.36. The van der Waals surface area contributed by atoms with E-state index in [1.807, 2.05) is 45.0 Å². The zero-order valence-electron chi connectivity index (χ0n) is 21.0. The minimum absolute atomic E-state index is 0.142. The van der Waals surface area contributed by atoms with E-state index >= 15 is 0 Å². The molecule has 0 fully saturated rings. The SMILES string of the molecule is CCCOC(C)Oc1ccc(C(C)CC(CC(C)(CC)C(=O)OC)c2ccc(O)cc2)cc1. The highest BCUT2D eigenvalue weighted by Crippen LogP contribution is 2.41. The van der Waals surface area contributed by atoms with Crippen LogP contribution in [0, 0.1) is 5.41 Å². The summed E-state index contributed by atoms with van der Waals surface area (Å²) >= 11 is 0. The largest absolute Gasteiger partial charge is 0.508 e. The van der Waals surface area contributed by atoms with Crippen molar-refractivity contribution in [2.45, 2.75) is 78.4 Å². The van der Waals surface area contributed by atoms with Gasteiger partial charge in [0.15, 0.2) is 6.29 Å². The number of benzene rings is 2. The van der Waals surface area contributed by atoms with Gasteiger partial charge in [-0.15, -0.1) is 0 Å². The molecule has 0 heterocycles. The van der Waals surface area contributed by atoms with E-state index in [-0.39, 0.29) is 29.8 Å². The maximum atomic E-state index is 12.5. The predicted octanol–water partition coefficient (Wildman–Crippen LogP) is 6.80. The number of ether oxygens (including phenoxy) is 3. The van der Waals surface area contributed by atoms with E-state index in [9.17, 15) is 9.90 Å². The van der Waals surface area contributed by atoms with Gasteiger partial charge in [-0.25, -0.2) is 0 Å². The van der Waals surface area contributed by atoms with Crippen LogP contribution in [0.4, 0.5) is 0 Å². The van der Waals surface area contributed by atoms with Crippen LogP contribution in [-0.4, -0.2) is 31.1 Å². The molecule has 2 rings (SSSR count). The summed E-state index contributed by atoms with van der Waals surface area (Å²) in [7, 11) is 1.45. The fraction of sp³-hybridized carbons (Fsp3) is 0.536. The molecular weight excluding hydrogens is 416 g/mol. The fourth-order valence-electron chi connectivity index (χ4n) is 4.19. The van der Waals surface area contributed by atoms with Crippen LogP contribution in [0.5, 0.6) is 11.5 Å². The molecule has 2 aromatic rings. The third-order valence-electron chi connectivity index (χ3n) is 6.47. The highest BCUT2D eigenvalue weighted by molar-refractivity contribution is 5.76. The van der Waals surface area contributed by atoms with Crippen LogP contribution in [0.3, 0.4) is 0 Å². The minimum atomic E-state index is -0.566. The molecule has 5 heteroatoms. The van der Waals surface area contributed by atoms with E-state index in [2.05, 4.69) is 26.0 Å². The first-order valence-corrected chi connectivity index (χ1v) is 12.0. The predicted molar refractivity (Wildman–Crippen MR) is 132 cm³/mol. The van der Waals surface area contributed by atoms with Crippen LogP contribution < -0.4 is 4.74 Å². The lowest BCUT2D eigenvalue weighted by Crippen LogP contribution is -2.30. The molecule has 2 aromatic carbocycles. The molecule has 0 aromatic heterocycles. The Morgan fingerprint density at radius 3 is 2.15 bits per heavy atom. The number of phenols is 1. The van der Waals surface area contributed by atoms with Crippen molar-refractivity contribution < 1.29 is 24.1 Å². The summed E-state index contributed by atoms with van der Waals surface area (Å²) < 4.78 is 16.5. The molecule has 182 valence electrons. The van der Waals surface area contributed by atoms with Crippen molar-refractivity contribution in [3.63, 3.8) is 0 Å². The monoisotopic (exact) mass is 456 g/mol. The Balaban J connectivity index is 2.18. The van der Waals surface area contributed by atoms with Crippen molar-refractivity contribution in [3.8, 4) is 11.5 Å². The molecule has 0 bridgehead atoms. The molecule has 5 nitrogen and oxygen atoms in total. The van der Waals surface area contributed by atoms with Crippen LogP contribution in [0.25, 0.3) is 0 Å². The molecule has 0 aliphatic rings.